The maximum absolute atomic E-state index is 13.1. The van der Waals surface area contributed by atoms with Gasteiger partial charge in [-0.3, -0.25) is 4.79 Å². The summed E-state index contributed by atoms with van der Waals surface area (Å²) in [6.45, 7) is 9.18. The first kappa shape index (κ1) is 24.9. The van der Waals surface area contributed by atoms with E-state index < -0.39 is 23.5 Å². The second kappa shape index (κ2) is 10.8. The molecular weight excluding hydrogens is 414 g/mol. The molecule has 9 nitrogen and oxygen atoms in total. The molecule has 1 heterocycles. The Balaban J connectivity index is 2.30. The smallest absolute Gasteiger partial charge is 0.329 e. The Hall–Kier alpha value is -3.36. The van der Waals surface area contributed by atoms with Crippen molar-refractivity contribution in [2.45, 2.75) is 52.7 Å². The third-order valence-electron chi connectivity index (χ3n) is 4.57. The second-order valence-corrected chi connectivity index (χ2v) is 8.20. The number of ether oxygens (including phenoxy) is 4. The van der Waals surface area contributed by atoms with E-state index in [0.717, 1.165) is 0 Å². The number of nitrogens with zero attached hydrogens (tertiary/aromatic N) is 2. The van der Waals surface area contributed by atoms with Crippen molar-refractivity contribution < 1.29 is 28.5 Å². The van der Waals surface area contributed by atoms with E-state index in [9.17, 15) is 9.59 Å². The van der Waals surface area contributed by atoms with Gasteiger partial charge in [-0.25, -0.2) is 4.79 Å². The van der Waals surface area contributed by atoms with Gasteiger partial charge < -0.3 is 24.3 Å². The highest BCUT2D eigenvalue weighted by atomic mass is 16.6. The van der Waals surface area contributed by atoms with E-state index >= 15 is 0 Å². The Morgan fingerprint density at radius 1 is 1.06 bits per heavy atom. The minimum atomic E-state index is -0.812. The summed E-state index contributed by atoms with van der Waals surface area (Å²) in [5.74, 6) is -0.391. The fourth-order valence-corrected chi connectivity index (χ4v) is 2.73. The Kier molecular flexibility index (Phi) is 8.40. The number of carbonyl (C=O) groups excluding carboxylic acids is 2. The van der Waals surface area contributed by atoms with Crippen molar-refractivity contribution in [3.8, 4) is 23.5 Å². The number of para-hydroxylation sites is 1. The normalized spacial score (nSPS) is 13.0. The first-order valence-electron chi connectivity index (χ1n) is 10.4. The standard InChI is InChI=1S/C23H31N3O6/c1-8-14(2)19(21(28)32-23(3,4)5)26-20(27)15-11-9-10-12-16(15)31-22-24-17(29-6)13-18(25-22)30-7/h9-14,19H,8H2,1-7H3,(H,26,27). The van der Waals surface area contributed by atoms with Gasteiger partial charge in [0.1, 0.15) is 17.4 Å². The first-order chi connectivity index (χ1) is 15.1. The van der Waals surface area contributed by atoms with Gasteiger partial charge in [-0.2, -0.15) is 9.97 Å². The number of methoxy groups -OCH3 is 2. The fourth-order valence-electron chi connectivity index (χ4n) is 2.73. The highest BCUT2D eigenvalue weighted by molar-refractivity contribution is 5.99. The van der Waals surface area contributed by atoms with Crippen LogP contribution in [-0.2, 0) is 9.53 Å². The van der Waals surface area contributed by atoms with E-state index in [1.165, 1.54) is 20.3 Å². The zero-order chi connectivity index (χ0) is 23.9. The average Bonchev–Trinajstić information content (AvgIpc) is 2.75. The lowest BCUT2D eigenvalue weighted by molar-refractivity contribution is -0.158. The summed E-state index contributed by atoms with van der Waals surface area (Å²) in [6.07, 6.45) is 0.680. The molecule has 1 N–H and O–H groups in total. The highest BCUT2D eigenvalue weighted by Crippen LogP contribution is 2.27. The van der Waals surface area contributed by atoms with Crippen LogP contribution >= 0.6 is 0 Å². The molecule has 9 heteroatoms. The first-order valence-corrected chi connectivity index (χ1v) is 10.4. The fraction of sp³-hybridized carbons (Fsp3) is 0.478. The minimum Gasteiger partial charge on any atom is -0.481 e. The number of hydrogen-bond donors (Lipinski definition) is 1. The molecule has 0 spiro atoms. The molecule has 0 saturated carbocycles. The number of rotatable bonds is 9. The third-order valence-corrected chi connectivity index (χ3v) is 4.57. The van der Waals surface area contributed by atoms with Gasteiger partial charge >= 0.3 is 12.0 Å². The van der Waals surface area contributed by atoms with Crippen molar-refractivity contribution in [3.63, 3.8) is 0 Å². The van der Waals surface area contributed by atoms with Crippen LogP contribution in [0, 0.1) is 5.92 Å². The summed E-state index contributed by atoms with van der Waals surface area (Å²) in [7, 11) is 2.91. The summed E-state index contributed by atoms with van der Waals surface area (Å²) < 4.78 is 21.5. The van der Waals surface area contributed by atoms with Crippen molar-refractivity contribution in [2.75, 3.05) is 14.2 Å². The molecule has 2 unspecified atom stereocenters. The van der Waals surface area contributed by atoms with Gasteiger partial charge in [0.05, 0.1) is 25.8 Å². The van der Waals surface area contributed by atoms with Gasteiger partial charge in [-0.05, 0) is 38.8 Å². The van der Waals surface area contributed by atoms with Gasteiger partial charge in [0.15, 0.2) is 0 Å². The molecule has 1 amide bonds. The number of aromatic nitrogens is 2. The Morgan fingerprint density at radius 3 is 2.19 bits per heavy atom. The quantitative estimate of drug-likeness (QED) is 0.581. The summed E-state index contributed by atoms with van der Waals surface area (Å²) >= 11 is 0. The van der Waals surface area contributed by atoms with Gasteiger partial charge in [-0.15, -0.1) is 0 Å². The van der Waals surface area contributed by atoms with Crippen molar-refractivity contribution in [2.24, 2.45) is 5.92 Å². The third kappa shape index (κ3) is 6.83. The zero-order valence-electron chi connectivity index (χ0n) is 19.6. The topological polar surface area (TPSA) is 109 Å². The molecule has 1 aromatic carbocycles. The van der Waals surface area contributed by atoms with Gasteiger partial charge in [0.25, 0.3) is 5.91 Å². The van der Waals surface area contributed by atoms with Crippen LogP contribution in [-0.4, -0.2) is 47.7 Å². The van der Waals surface area contributed by atoms with E-state index in [0.29, 0.717) is 6.42 Å². The SMILES string of the molecule is CCC(C)C(NC(=O)c1ccccc1Oc1nc(OC)cc(OC)n1)C(=O)OC(C)(C)C. The maximum atomic E-state index is 13.1. The van der Waals surface area contributed by atoms with Crippen LogP contribution in [0.15, 0.2) is 30.3 Å². The molecule has 2 aromatic rings. The van der Waals surface area contributed by atoms with Crippen LogP contribution in [0.25, 0.3) is 0 Å². The number of benzene rings is 1. The van der Waals surface area contributed by atoms with Crippen molar-refractivity contribution in [1.29, 1.82) is 0 Å². The molecular formula is C23H31N3O6. The zero-order valence-corrected chi connectivity index (χ0v) is 19.6. The monoisotopic (exact) mass is 445 g/mol. The van der Waals surface area contributed by atoms with Crippen LogP contribution in [0.1, 0.15) is 51.4 Å². The average molecular weight is 446 g/mol. The summed E-state index contributed by atoms with van der Waals surface area (Å²) in [5, 5.41) is 2.79. The number of nitrogens with one attached hydrogen (secondary N) is 1. The molecule has 2 rings (SSSR count). The predicted molar refractivity (Wildman–Crippen MR) is 118 cm³/mol. The largest absolute Gasteiger partial charge is 0.481 e. The lowest BCUT2D eigenvalue weighted by Crippen LogP contribution is -2.47. The van der Waals surface area contributed by atoms with E-state index in [1.807, 2.05) is 13.8 Å². The summed E-state index contributed by atoms with van der Waals surface area (Å²) in [5.41, 5.74) is -0.452. The summed E-state index contributed by atoms with van der Waals surface area (Å²) in [6, 6.07) is 7.24. The molecule has 1 aromatic heterocycles. The Labute approximate surface area is 188 Å². The van der Waals surface area contributed by atoms with E-state index in [4.69, 9.17) is 18.9 Å². The van der Waals surface area contributed by atoms with Crippen molar-refractivity contribution in [1.82, 2.24) is 15.3 Å². The molecule has 0 bridgehead atoms. The van der Waals surface area contributed by atoms with Crippen molar-refractivity contribution in [3.05, 3.63) is 35.9 Å². The van der Waals surface area contributed by atoms with Gasteiger partial charge in [0, 0.05) is 0 Å². The molecule has 0 aliphatic rings. The van der Waals surface area contributed by atoms with Crippen molar-refractivity contribution >= 4 is 11.9 Å². The lowest BCUT2D eigenvalue weighted by atomic mass is 9.98. The number of hydrogen-bond acceptors (Lipinski definition) is 8. The van der Waals surface area contributed by atoms with Crippen LogP contribution < -0.4 is 19.5 Å². The molecule has 0 fully saturated rings. The number of amides is 1. The molecule has 0 radical (unpaired) electrons. The minimum absolute atomic E-state index is 0.0490. The predicted octanol–water partition coefficient (Wildman–Crippen LogP) is 3.77. The van der Waals surface area contributed by atoms with Crippen LogP contribution in [0.3, 0.4) is 0 Å². The molecule has 174 valence electrons. The molecule has 0 saturated heterocycles. The Morgan fingerprint density at radius 2 is 1.66 bits per heavy atom. The molecule has 0 aliphatic heterocycles. The molecule has 0 aliphatic carbocycles. The Bertz CT molecular complexity index is 919. The lowest BCUT2D eigenvalue weighted by Gasteiger charge is -2.27. The van der Waals surface area contributed by atoms with Crippen LogP contribution in [0.5, 0.6) is 23.5 Å². The molecule has 2 atom stereocenters. The number of carbonyl (C=O) groups is 2. The van der Waals surface area contributed by atoms with Gasteiger partial charge in [-0.1, -0.05) is 32.4 Å². The van der Waals surface area contributed by atoms with E-state index in [-0.39, 0.29) is 35.0 Å². The maximum Gasteiger partial charge on any atom is 0.329 e. The van der Waals surface area contributed by atoms with E-state index in [2.05, 4.69) is 15.3 Å². The van der Waals surface area contributed by atoms with Crippen LogP contribution in [0.2, 0.25) is 0 Å². The van der Waals surface area contributed by atoms with E-state index in [1.54, 1.807) is 45.0 Å². The molecule has 32 heavy (non-hydrogen) atoms. The van der Waals surface area contributed by atoms with Gasteiger partial charge in [0.2, 0.25) is 11.8 Å². The number of esters is 1. The highest BCUT2D eigenvalue weighted by Gasteiger charge is 2.31. The summed E-state index contributed by atoms with van der Waals surface area (Å²) in [4.78, 5) is 34.1. The second-order valence-electron chi connectivity index (χ2n) is 8.20. The van der Waals surface area contributed by atoms with Crippen LogP contribution in [0.4, 0.5) is 0 Å².